The molecule has 1 aromatic carbocycles. The molecular weight excluding hydrogens is 254 g/mol. The normalized spacial score (nSPS) is 10.7. The first-order valence-corrected chi connectivity index (χ1v) is 6.16. The molecule has 3 aromatic rings. The van der Waals surface area contributed by atoms with Crippen LogP contribution in [0, 0.1) is 0 Å². The van der Waals surface area contributed by atoms with E-state index >= 15 is 0 Å². The Morgan fingerprint density at radius 2 is 2.15 bits per heavy atom. The summed E-state index contributed by atoms with van der Waals surface area (Å²) in [6, 6.07) is 7.68. The quantitative estimate of drug-likeness (QED) is 0.788. The Kier molecular flexibility index (Phi) is 2.90. The number of nitrogens with zero attached hydrogens (tertiary/aromatic N) is 4. The van der Waals surface area contributed by atoms with Gasteiger partial charge in [0.05, 0.1) is 18.5 Å². The molecule has 3 rings (SSSR count). The van der Waals surface area contributed by atoms with E-state index in [1.165, 1.54) is 0 Å². The van der Waals surface area contributed by atoms with Crippen molar-refractivity contribution in [2.75, 3.05) is 12.8 Å². The predicted octanol–water partition coefficient (Wildman–Crippen LogP) is 1.86. The van der Waals surface area contributed by atoms with Crippen molar-refractivity contribution in [2.24, 2.45) is 7.05 Å². The Balaban J connectivity index is 2.11. The summed E-state index contributed by atoms with van der Waals surface area (Å²) in [7, 11) is 3.47. The van der Waals surface area contributed by atoms with Gasteiger partial charge in [0.1, 0.15) is 11.4 Å². The van der Waals surface area contributed by atoms with Crippen LogP contribution in [0.25, 0.3) is 16.9 Å². The van der Waals surface area contributed by atoms with Gasteiger partial charge in [-0.15, -0.1) is 0 Å². The van der Waals surface area contributed by atoms with Crippen molar-refractivity contribution in [3.63, 3.8) is 0 Å². The van der Waals surface area contributed by atoms with Crippen LogP contribution in [-0.4, -0.2) is 26.7 Å². The van der Waals surface area contributed by atoms with Crippen LogP contribution < -0.4 is 10.5 Å². The molecule has 102 valence electrons. The third-order valence-electron chi connectivity index (χ3n) is 3.07. The van der Waals surface area contributed by atoms with Crippen molar-refractivity contribution in [1.29, 1.82) is 0 Å². The number of aryl methyl sites for hydroxylation is 1. The largest absolute Gasteiger partial charge is 0.496 e. The van der Waals surface area contributed by atoms with E-state index in [1.54, 1.807) is 28.9 Å². The summed E-state index contributed by atoms with van der Waals surface area (Å²) in [5.74, 6) is 0.711. The van der Waals surface area contributed by atoms with E-state index in [-0.39, 0.29) is 0 Å². The molecule has 6 nitrogen and oxygen atoms in total. The molecule has 0 amide bonds. The van der Waals surface area contributed by atoms with Crippen LogP contribution in [-0.2, 0) is 7.05 Å². The SMILES string of the molecule is COc1cc(-n2cccn2)ccc1-c1nn(C)cc1N. The zero-order valence-electron chi connectivity index (χ0n) is 11.3. The van der Waals surface area contributed by atoms with Gasteiger partial charge in [0.15, 0.2) is 0 Å². The molecule has 0 saturated heterocycles. The fourth-order valence-electron chi connectivity index (χ4n) is 2.16. The number of hydrogen-bond donors (Lipinski definition) is 1. The topological polar surface area (TPSA) is 70.9 Å². The van der Waals surface area contributed by atoms with Gasteiger partial charge in [-0.05, 0) is 18.2 Å². The van der Waals surface area contributed by atoms with Crippen LogP contribution in [0.3, 0.4) is 0 Å². The van der Waals surface area contributed by atoms with Crippen LogP contribution in [0.2, 0.25) is 0 Å². The average Bonchev–Trinajstić information content (AvgIpc) is 3.08. The third kappa shape index (κ3) is 2.01. The Hall–Kier alpha value is -2.76. The maximum Gasteiger partial charge on any atom is 0.130 e. The summed E-state index contributed by atoms with van der Waals surface area (Å²) in [4.78, 5) is 0. The first kappa shape index (κ1) is 12.3. The van der Waals surface area contributed by atoms with E-state index in [4.69, 9.17) is 10.5 Å². The summed E-state index contributed by atoms with van der Waals surface area (Å²) in [6.07, 6.45) is 5.39. The molecule has 0 aliphatic heterocycles. The predicted molar refractivity (Wildman–Crippen MR) is 76.7 cm³/mol. The van der Waals surface area contributed by atoms with E-state index in [9.17, 15) is 0 Å². The fourth-order valence-corrected chi connectivity index (χ4v) is 2.16. The van der Waals surface area contributed by atoms with E-state index in [2.05, 4.69) is 10.2 Å². The van der Waals surface area contributed by atoms with Crippen LogP contribution in [0.4, 0.5) is 5.69 Å². The highest BCUT2D eigenvalue weighted by atomic mass is 16.5. The lowest BCUT2D eigenvalue weighted by molar-refractivity contribution is 0.416. The monoisotopic (exact) mass is 269 g/mol. The lowest BCUT2D eigenvalue weighted by Gasteiger charge is -2.10. The van der Waals surface area contributed by atoms with Gasteiger partial charge >= 0.3 is 0 Å². The lowest BCUT2D eigenvalue weighted by Crippen LogP contribution is -1.97. The number of methoxy groups -OCH3 is 1. The third-order valence-corrected chi connectivity index (χ3v) is 3.07. The molecule has 2 heterocycles. The number of nitrogens with two attached hydrogens (primary N) is 1. The zero-order chi connectivity index (χ0) is 14.1. The Morgan fingerprint density at radius 3 is 2.75 bits per heavy atom. The minimum atomic E-state index is 0.623. The van der Waals surface area contributed by atoms with Gasteiger partial charge in [-0.1, -0.05) is 0 Å². The summed E-state index contributed by atoms with van der Waals surface area (Å²) < 4.78 is 8.91. The number of rotatable bonds is 3. The van der Waals surface area contributed by atoms with E-state index in [0.29, 0.717) is 11.4 Å². The smallest absolute Gasteiger partial charge is 0.130 e. The second kappa shape index (κ2) is 4.73. The number of ether oxygens (including phenoxy) is 1. The first-order chi connectivity index (χ1) is 9.69. The van der Waals surface area contributed by atoms with Crippen LogP contribution >= 0.6 is 0 Å². The molecule has 6 heteroatoms. The number of nitrogen functional groups attached to an aromatic ring is 1. The van der Waals surface area contributed by atoms with Gasteiger partial charge in [0.2, 0.25) is 0 Å². The van der Waals surface area contributed by atoms with Gasteiger partial charge in [0, 0.05) is 37.3 Å². The van der Waals surface area contributed by atoms with Gasteiger partial charge in [-0.25, -0.2) is 4.68 Å². The molecule has 0 bridgehead atoms. The van der Waals surface area contributed by atoms with Crippen molar-refractivity contribution in [2.45, 2.75) is 0 Å². The molecule has 0 unspecified atom stereocenters. The van der Waals surface area contributed by atoms with Crippen LogP contribution in [0.1, 0.15) is 0 Å². The van der Waals surface area contributed by atoms with Crippen molar-refractivity contribution >= 4 is 5.69 Å². The van der Waals surface area contributed by atoms with Crippen LogP contribution in [0.15, 0.2) is 42.9 Å². The van der Waals surface area contributed by atoms with Gasteiger partial charge in [0.25, 0.3) is 0 Å². The Morgan fingerprint density at radius 1 is 1.30 bits per heavy atom. The highest BCUT2D eigenvalue weighted by Gasteiger charge is 2.13. The van der Waals surface area contributed by atoms with Gasteiger partial charge < -0.3 is 10.5 Å². The summed E-state index contributed by atoms with van der Waals surface area (Å²) >= 11 is 0. The highest BCUT2D eigenvalue weighted by Crippen LogP contribution is 2.33. The van der Waals surface area contributed by atoms with Crippen molar-refractivity contribution in [1.82, 2.24) is 19.6 Å². The second-order valence-electron chi connectivity index (χ2n) is 4.44. The molecule has 0 saturated carbocycles. The molecule has 0 spiro atoms. The molecular formula is C14H15N5O. The maximum atomic E-state index is 5.97. The Labute approximate surface area is 116 Å². The minimum absolute atomic E-state index is 0.623. The molecule has 2 aromatic heterocycles. The minimum Gasteiger partial charge on any atom is -0.496 e. The first-order valence-electron chi connectivity index (χ1n) is 6.16. The maximum absolute atomic E-state index is 5.97. The number of anilines is 1. The van der Waals surface area contributed by atoms with E-state index < -0.39 is 0 Å². The van der Waals surface area contributed by atoms with E-state index in [0.717, 1.165) is 16.9 Å². The summed E-state index contributed by atoms with van der Waals surface area (Å²) in [5.41, 5.74) is 9.10. The molecule has 20 heavy (non-hydrogen) atoms. The zero-order valence-corrected chi connectivity index (χ0v) is 11.3. The molecule has 0 atom stereocenters. The molecule has 0 radical (unpaired) electrons. The van der Waals surface area contributed by atoms with Gasteiger partial charge in [-0.3, -0.25) is 4.68 Å². The van der Waals surface area contributed by atoms with Crippen molar-refractivity contribution in [3.8, 4) is 22.7 Å². The van der Waals surface area contributed by atoms with Crippen molar-refractivity contribution in [3.05, 3.63) is 42.9 Å². The standard InChI is InChI=1S/C14H15N5O/c1-18-9-12(15)14(17-18)11-5-4-10(8-13(11)20-2)19-7-3-6-16-19/h3-9H,15H2,1-2H3. The number of aromatic nitrogens is 4. The molecule has 2 N–H and O–H groups in total. The molecule has 0 fully saturated rings. The number of hydrogen-bond acceptors (Lipinski definition) is 4. The lowest BCUT2D eigenvalue weighted by atomic mass is 10.1. The number of benzene rings is 1. The summed E-state index contributed by atoms with van der Waals surface area (Å²) in [5, 5.41) is 8.57. The van der Waals surface area contributed by atoms with Gasteiger partial charge in [-0.2, -0.15) is 10.2 Å². The molecule has 0 aliphatic carbocycles. The van der Waals surface area contributed by atoms with Crippen LogP contribution in [0.5, 0.6) is 5.75 Å². The summed E-state index contributed by atoms with van der Waals surface area (Å²) in [6.45, 7) is 0. The Bertz CT molecular complexity index is 730. The molecule has 0 aliphatic rings. The van der Waals surface area contributed by atoms with Crippen molar-refractivity contribution < 1.29 is 4.74 Å². The average molecular weight is 269 g/mol. The second-order valence-corrected chi connectivity index (χ2v) is 4.44. The van der Waals surface area contributed by atoms with E-state index in [1.807, 2.05) is 37.5 Å². The fraction of sp³-hybridized carbons (Fsp3) is 0.143. The highest BCUT2D eigenvalue weighted by molar-refractivity contribution is 5.77.